The summed E-state index contributed by atoms with van der Waals surface area (Å²) < 4.78 is 0. The topological polar surface area (TPSA) is 29.1 Å². The largest absolute Gasteiger partial charge is 0.350 e. The molecular weight excluding hydrogens is 246 g/mol. The predicted molar refractivity (Wildman–Crippen MR) is 81.5 cm³/mol. The zero-order valence-electron chi connectivity index (χ0n) is 11.7. The second-order valence-corrected chi connectivity index (χ2v) is 4.79. The monoisotopic (exact) mass is 263 g/mol. The van der Waals surface area contributed by atoms with Gasteiger partial charge in [-0.15, -0.1) is 0 Å². The van der Waals surface area contributed by atoms with Gasteiger partial charge in [0.1, 0.15) is 0 Å². The Morgan fingerprint density at radius 3 is 2.30 bits per heavy atom. The molecule has 0 fully saturated rings. The van der Waals surface area contributed by atoms with Crippen molar-refractivity contribution >= 4 is 5.91 Å². The Balaban J connectivity index is 2.29. The smallest absolute Gasteiger partial charge is 0.252 e. The maximum Gasteiger partial charge on any atom is 0.252 e. The van der Waals surface area contributed by atoms with E-state index >= 15 is 0 Å². The SMILES string of the molecule is CC(C)NC(=O)c1ccccc1C#Cc1ccccc1. The van der Waals surface area contributed by atoms with Crippen molar-refractivity contribution in [3.8, 4) is 11.8 Å². The van der Waals surface area contributed by atoms with Crippen LogP contribution >= 0.6 is 0 Å². The molecule has 0 aliphatic heterocycles. The molecule has 0 aliphatic rings. The van der Waals surface area contributed by atoms with E-state index in [1.54, 1.807) is 6.07 Å². The summed E-state index contributed by atoms with van der Waals surface area (Å²) in [6.45, 7) is 3.88. The molecule has 0 aromatic heterocycles. The molecule has 2 aromatic carbocycles. The average molecular weight is 263 g/mol. The van der Waals surface area contributed by atoms with Gasteiger partial charge in [-0.1, -0.05) is 42.2 Å². The molecule has 0 atom stereocenters. The second-order valence-electron chi connectivity index (χ2n) is 4.79. The van der Waals surface area contributed by atoms with Crippen LogP contribution in [0, 0.1) is 11.8 Å². The Labute approximate surface area is 119 Å². The minimum atomic E-state index is -0.0852. The van der Waals surface area contributed by atoms with Crippen LogP contribution in [0.3, 0.4) is 0 Å². The van der Waals surface area contributed by atoms with Crippen molar-refractivity contribution in [1.29, 1.82) is 0 Å². The predicted octanol–water partition coefficient (Wildman–Crippen LogP) is 3.22. The number of carbonyl (C=O) groups excluding carboxylic acids is 1. The number of hydrogen-bond acceptors (Lipinski definition) is 1. The summed E-state index contributed by atoms with van der Waals surface area (Å²) in [5.41, 5.74) is 2.30. The van der Waals surface area contributed by atoms with Crippen LogP contribution in [-0.4, -0.2) is 11.9 Å². The molecule has 2 rings (SSSR count). The van der Waals surface area contributed by atoms with Gasteiger partial charge in [-0.3, -0.25) is 4.79 Å². The van der Waals surface area contributed by atoms with Gasteiger partial charge in [-0.05, 0) is 38.1 Å². The molecule has 2 heteroatoms. The Bertz CT molecular complexity index is 648. The van der Waals surface area contributed by atoms with Crippen molar-refractivity contribution in [3.05, 3.63) is 71.3 Å². The molecule has 0 unspecified atom stereocenters. The van der Waals surface area contributed by atoms with E-state index < -0.39 is 0 Å². The summed E-state index contributed by atoms with van der Waals surface area (Å²) >= 11 is 0. The van der Waals surface area contributed by atoms with Crippen LogP contribution in [0.15, 0.2) is 54.6 Å². The quantitative estimate of drug-likeness (QED) is 0.828. The van der Waals surface area contributed by atoms with Crippen molar-refractivity contribution in [2.24, 2.45) is 0 Å². The zero-order valence-corrected chi connectivity index (χ0v) is 11.7. The molecule has 1 amide bonds. The van der Waals surface area contributed by atoms with E-state index in [0.29, 0.717) is 5.56 Å². The van der Waals surface area contributed by atoms with Crippen molar-refractivity contribution < 1.29 is 4.79 Å². The first-order chi connectivity index (χ1) is 9.66. The van der Waals surface area contributed by atoms with Crippen LogP contribution in [0.2, 0.25) is 0 Å². The van der Waals surface area contributed by atoms with E-state index in [1.807, 2.05) is 62.4 Å². The number of nitrogens with one attached hydrogen (secondary N) is 1. The molecular formula is C18H17NO. The van der Waals surface area contributed by atoms with Crippen LogP contribution in [0.25, 0.3) is 0 Å². The third-order valence-electron chi connectivity index (χ3n) is 2.71. The van der Waals surface area contributed by atoms with Gasteiger partial charge in [-0.2, -0.15) is 0 Å². The summed E-state index contributed by atoms with van der Waals surface area (Å²) in [4.78, 5) is 12.1. The zero-order chi connectivity index (χ0) is 14.4. The molecule has 0 heterocycles. The Kier molecular flexibility index (Phi) is 4.57. The average Bonchev–Trinajstić information content (AvgIpc) is 2.46. The van der Waals surface area contributed by atoms with E-state index in [2.05, 4.69) is 17.2 Å². The summed E-state index contributed by atoms with van der Waals surface area (Å²) in [6, 6.07) is 17.3. The lowest BCUT2D eigenvalue weighted by molar-refractivity contribution is 0.0943. The minimum absolute atomic E-state index is 0.0852. The third-order valence-corrected chi connectivity index (χ3v) is 2.71. The molecule has 0 saturated carbocycles. The highest BCUT2D eigenvalue weighted by Crippen LogP contribution is 2.08. The lowest BCUT2D eigenvalue weighted by atomic mass is 10.1. The van der Waals surface area contributed by atoms with E-state index in [-0.39, 0.29) is 11.9 Å². The molecule has 0 aliphatic carbocycles. The summed E-state index contributed by atoms with van der Waals surface area (Å²) in [6.07, 6.45) is 0. The van der Waals surface area contributed by atoms with Crippen LogP contribution in [0.4, 0.5) is 0 Å². The number of hydrogen-bond donors (Lipinski definition) is 1. The highest BCUT2D eigenvalue weighted by atomic mass is 16.1. The van der Waals surface area contributed by atoms with Gasteiger partial charge in [0, 0.05) is 17.2 Å². The Morgan fingerprint density at radius 1 is 0.950 bits per heavy atom. The van der Waals surface area contributed by atoms with E-state index in [1.165, 1.54) is 0 Å². The first-order valence-corrected chi connectivity index (χ1v) is 6.64. The molecule has 0 radical (unpaired) electrons. The maximum absolute atomic E-state index is 12.1. The normalized spacial score (nSPS) is 9.75. The fraction of sp³-hybridized carbons (Fsp3) is 0.167. The lowest BCUT2D eigenvalue weighted by Gasteiger charge is -2.09. The highest BCUT2D eigenvalue weighted by Gasteiger charge is 2.09. The van der Waals surface area contributed by atoms with Crippen LogP contribution < -0.4 is 5.32 Å². The van der Waals surface area contributed by atoms with E-state index in [9.17, 15) is 4.79 Å². The fourth-order valence-electron chi connectivity index (χ4n) is 1.79. The minimum Gasteiger partial charge on any atom is -0.350 e. The molecule has 2 nitrogen and oxygen atoms in total. The molecule has 100 valence electrons. The Morgan fingerprint density at radius 2 is 1.60 bits per heavy atom. The second kappa shape index (κ2) is 6.58. The van der Waals surface area contributed by atoms with Gasteiger partial charge < -0.3 is 5.32 Å². The number of carbonyl (C=O) groups is 1. The first kappa shape index (κ1) is 13.9. The van der Waals surface area contributed by atoms with Gasteiger partial charge in [0.2, 0.25) is 0 Å². The molecule has 0 saturated heterocycles. The number of rotatable bonds is 2. The lowest BCUT2D eigenvalue weighted by Crippen LogP contribution is -2.30. The number of benzene rings is 2. The van der Waals surface area contributed by atoms with Crippen LogP contribution in [-0.2, 0) is 0 Å². The molecule has 1 N–H and O–H groups in total. The van der Waals surface area contributed by atoms with Crippen molar-refractivity contribution in [2.45, 2.75) is 19.9 Å². The van der Waals surface area contributed by atoms with Gasteiger partial charge in [0.25, 0.3) is 5.91 Å². The molecule has 0 spiro atoms. The molecule has 0 bridgehead atoms. The van der Waals surface area contributed by atoms with Gasteiger partial charge in [0.05, 0.1) is 5.56 Å². The van der Waals surface area contributed by atoms with Crippen LogP contribution in [0.5, 0.6) is 0 Å². The van der Waals surface area contributed by atoms with Crippen molar-refractivity contribution in [2.75, 3.05) is 0 Å². The molecule has 20 heavy (non-hydrogen) atoms. The fourth-order valence-corrected chi connectivity index (χ4v) is 1.79. The van der Waals surface area contributed by atoms with Gasteiger partial charge >= 0.3 is 0 Å². The highest BCUT2D eigenvalue weighted by molar-refractivity contribution is 5.96. The van der Waals surface area contributed by atoms with Gasteiger partial charge in [0.15, 0.2) is 0 Å². The van der Waals surface area contributed by atoms with E-state index in [0.717, 1.165) is 11.1 Å². The van der Waals surface area contributed by atoms with E-state index in [4.69, 9.17) is 0 Å². The molecule has 2 aromatic rings. The standard InChI is InChI=1S/C18H17NO/c1-14(2)19-18(20)17-11-7-6-10-16(17)13-12-15-8-4-3-5-9-15/h3-11,14H,1-2H3,(H,19,20). The van der Waals surface area contributed by atoms with Crippen molar-refractivity contribution in [1.82, 2.24) is 5.32 Å². The summed E-state index contributed by atoms with van der Waals surface area (Å²) in [7, 11) is 0. The summed E-state index contributed by atoms with van der Waals surface area (Å²) in [5, 5.41) is 2.89. The van der Waals surface area contributed by atoms with Gasteiger partial charge in [-0.25, -0.2) is 0 Å². The third kappa shape index (κ3) is 3.73. The van der Waals surface area contributed by atoms with Crippen LogP contribution in [0.1, 0.15) is 35.3 Å². The number of amides is 1. The van der Waals surface area contributed by atoms with Crippen molar-refractivity contribution in [3.63, 3.8) is 0 Å². The Hall–Kier alpha value is -2.53. The maximum atomic E-state index is 12.1. The first-order valence-electron chi connectivity index (χ1n) is 6.64. The summed E-state index contributed by atoms with van der Waals surface area (Å²) in [5.74, 6) is 6.07.